The molecule has 0 fully saturated rings. The van der Waals surface area contributed by atoms with E-state index in [0.717, 1.165) is 0 Å². The van der Waals surface area contributed by atoms with Crippen LogP contribution in [0.2, 0.25) is 5.02 Å². The van der Waals surface area contributed by atoms with Crippen molar-refractivity contribution in [1.82, 2.24) is 0 Å². The Morgan fingerprint density at radius 3 is 2.79 bits per heavy atom. The van der Waals surface area contributed by atoms with Gasteiger partial charge in [-0.1, -0.05) is 18.5 Å². The lowest BCUT2D eigenvalue weighted by atomic mass is 10.0. The molecule has 0 saturated heterocycles. The van der Waals surface area contributed by atoms with E-state index in [4.69, 9.17) is 17.3 Å². The maximum Gasteiger partial charge on any atom is 0.274 e. The predicted octanol–water partition coefficient (Wildman–Crippen LogP) is 2.66. The fourth-order valence-electron chi connectivity index (χ4n) is 1.21. The Bertz CT molecular complexity index is 355. The first-order chi connectivity index (χ1) is 6.56. The van der Waals surface area contributed by atoms with Crippen molar-refractivity contribution in [2.75, 3.05) is 0 Å². The van der Waals surface area contributed by atoms with E-state index < -0.39 is 4.92 Å². The second-order valence-electron chi connectivity index (χ2n) is 2.97. The summed E-state index contributed by atoms with van der Waals surface area (Å²) in [6, 6.07) is 4.08. The maximum atomic E-state index is 10.7. The number of rotatable bonds is 3. The highest BCUT2D eigenvalue weighted by Gasteiger charge is 2.18. The van der Waals surface area contributed by atoms with E-state index in [-0.39, 0.29) is 11.7 Å². The van der Waals surface area contributed by atoms with Crippen LogP contribution in [0.15, 0.2) is 18.2 Å². The Morgan fingerprint density at radius 1 is 1.64 bits per heavy atom. The van der Waals surface area contributed by atoms with Gasteiger partial charge >= 0.3 is 0 Å². The average molecular weight is 215 g/mol. The van der Waals surface area contributed by atoms with Crippen LogP contribution in [0, 0.1) is 10.1 Å². The molecule has 4 nitrogen and oxygen atoms in total. The number of nitrogens with zero attached hydrogens (tertiary/aromatic N) is 1. The average Bonchev–Trinajstić information content (AvgIpc) is 2.16. The smallest absolute Gasteiger partial charge is 0.274 e. The quantitative estimate of drug-likeness (QED) is 0.621. The van der Waals surface area contributed by atoms with Crippen molar-refractivity contribution < 1.29 is 4.92 Å². The third-order valence-corrected chi connectivity index (χ3v) is 2.26. The first-order valence-corrected chi connectivity index (χ1v) is 4.63. The molecule has 0 radical (unpaired) electrons. The highest BCUT2D eigenvalue weighted by atomic mass is 35.5. The van der Waals surface area contributed by atoms with Gasteiger partial charge in [0.1, 0.15) is 0 Å². The number of hydrogen-bond donors (Lipinski definition) is 1. The molecule has 0 aromatic heterocycles. The van der Waals surface area contributed by atoms with E-state index in [2.05, 4.69) is 0 Å². The van der Waals surface area contributed by atoms with Gasteiger partial charge in [-0.25, -0.2) is 0 Å². The van der Waals surface area contributed by atoms with Gasteiger partial charge in [-0.05, 0) is 18.6 Å². The lowest BCUT2D eigenvalue weighted by Crippen LogP contribution is -2.11. The number of nitro groups is 1. The summed E-state index contributed by atoms with van der Waals surface area (Å²) in [5.41, 5.74) is 6.26. The largest absolute Gasteiger partial charge is 0.324 e. The summed E-state index contributed by atoms with van der Waals surface area (Å²) in [4.78, 5) is 10.2. The third-order valence-electron chi connectivity index (χ3n) is 2.03. The molecule has 0 unspecified atom stereocenters. The summed E-state index contributed by atoms with van der Waals surface area (Å²) in [5, 5.41) is 11.1. The van der Waals surface area contributed by atoms with Crippen molar-refractivity contribution >= 4 is 17.3 Å². The summed E-state index contributed by atoms with van der Waals surface area (Å²) in [7, 11) is 0. The molecule has 1 atom stereocenters. The number of benzene rings is 1. The normalized spacial score (nSPS) is 12.5. The summed E-state index contributed by atoms with van der Waals surface area (Å²) in [5.74, 6) is 0. The van der Waals surface area contributed by atoms with Crippen LogP contribution in [-0.2, 0) is 0 Å². The third kappa shape index (κ3) is 2.21. The molecule has 0 heterocycles. The molecular formula is C9H11ClN2O2. The van der Waals surface area contributed by atoms with Gasteiger partial charge in [0, 0.05) is 22.7 Å². The van der Waals surface area contributed by atoms with Gasteiger partial charge in [-0.2, -0.15) is 0 Å². The zero-order valence-electron chi connectivity index (χ0n) is 7.74. The van der Waals surface area contributed by atoms with Gasteiger partial charge in [0.05, 0.1) is 4.92 Å². The van der Waals surface area contributed by atoms with E-state index in [9.17, 15) is 10.1 Å². The Hall–Kier alpha value is -1.13. The molecule has 0 aliphatic carbocycles. The number of nitrogens with two attached hydrogens (primary N) is 1. The summed E-state index contributed by atoms with van der Waals surface area (Å²) in [6.45, 7) is 1.87. The highest BCUT2D eigenvalue weighted by molar-refractivity contribution is 6.30. The minimum absolute atomic E-state index is 0.0313. The number of hydrogen-bond acceptors (Lipinski definition) is 3. The van der Waals surface area contributed by atoms with Crippen LogP contribution in [0.3, 0.4) is 0 Å². The topological polar surface area (TPSA) is 69.2 Å². The molecule has 0 bridgehead atoms. The van der Waals surface area contributed by atoms with Crippen molar-refractivity contribution in [3.63, 3.8) is 0 Å². The number of halogens is 1. The van der Waals surface area contributed by atoms with Gasteiger partial charge in [-0.3, -0.25) is 10.1 Å². The summed E-state index contributed by atoms with van der Waals surface area (Å²) in [6.07, 6.45) is 0.640. The molecule has 5 heteroatoms. The van der Waals surface area contributed by atoms with Crippen LogP contribution in [-0.4, -0.2) is 4.92 Å². The van der Waals surface area contributed by atoms with Crippen LogP contribution in [0.1, 0.15) is 24.9 Å². The molecule has 0 saturated carbocycles. The Kier molecular flexibility index (Phi) is 3.43. The van der Waals surface area contributed by atoms with Crippen LogP contribution in [0.5, 0.6) is 0 Å². The van der Waals surface area contributed by atoms with Crippen molar-refractivity contribution in [3.05, 3.63) is 38.9 Å². The first kappa shape index (κ1) is 10.9. The Labute approximate surface area is 86.8 Å². The van der Waals surface area contributed by atoms with Crippen LogP contribution < -0.4 is 5.73 Å². The van der Waals surface area contributed by atoms with Crippen molar-refractivity contribution in [2.45, 2.75) is 19.4 Å². The monoisotopic (exact) mass is 214 g/mol. The van der Waals surface area contributed by atoms with Crippen molar-refractivity contribution in [3.8, 4) is 0 Å². The van der Waals surface area contributed by atoms with Crippen molar-refractivity contribution in [2.24, 2.45) is 5.73 Å². The second kappa shape index (κ2) is 4.39. The van der Waals surface area contributed by atoms with E-state index in [1.165, 1.54) is 12.1 Å². The predicted molar refractivity (Wildman–Crippen MR) is 55.3 cm³/mol. The molecule has 0 amide bonds. The van der Waals surface area contributed by atoms with E-state index in [1.54, 1.807) is 6.07 Å². The first-order valence-electron chi connectivity index (χ1n) is 4.25. The van der Waals surface area contributed by atoms with E-state index >= 15 is 0 Å². The van der Waals surface area contributed by atoms with Crippen LogP contribution in [0.25, 0.3) is 0 Å². The molecule has 2 N–H and O–H groups in total. The van der Waals surface area contributed by atoms with Crippen LogP contribution in [0.4, 0.5) is 5.69 Å². The van der Waals surface area contributed by atoms with Gasteiger partial charge in [0.2, 0.25) is 0 Å². The molecule has 76 valence electrons. The van der Waals surface area contributed by atoms with E-state index in [1.807, 2.05) is 6.92 Å². The second-order valence-corrected chi connectivity index (χ2v) is 3.41. The summed E-state index contributed by atoms with van der Waals surface area (Å²) >= 11 is 5.74. The molecule has 1 aromatic carbocycles. The molecule has 1 rings (SSSR count). The molecular weight excluding hydrogens is 204 g/mol. The molecule has 0 aliphatic heterocycles. The van der Waals surface area contributed by atoms with Gasteiger partial charge in [-0.15, -0.1) is 0 Å². The fraction of sp³-hybridized carbons (Fsp3) is 0.333. The molecule has 0 spiro atoms. The van der Waals surface area contributed by atoms with E-state index in [0.29, 0.717) is 17.0 Å². The Balaban J connectivity index is 3.22. The zero-order valence-corrected chi connectivity index (χ0v) is 8.49. The lowest BCUT2D eigenvalue weighted by molar-refractivity contribution is -0.385. The highest BCUT2D eigenvalue weighted by Crippen LogP contribution is 2.28. The zero-order chi connectivity index (χ0) is 10.7. The molecule has 1 aromatic rings. The molecule has 0 aliphatic rings. The Morgan fingerprint density at radius 2 is 2.29 bits per heavy atom. The van der Waals surface area contributed by atoms with Gasteiger partial charge < -0.3 is 5.73 Å². The lowest BCUT2D eigenvalue weighted by Gasteiger charge is -2.09. The minimum atomic E-state index is -0.443. The molecule has 14 heavy (non-hydrogen) atoms. The van der Waals surface area contributed by atoms with Crippen LogP contribution >= 0.6 is 11.6 Å². The van der Waals surface area contributed by atoms with Gasteiger partial charge in [0.25, 0.3) is 5.69 Å². The number of nitro benzene ring substituents is 1. The van der Waals surface area contributed by atoms with Crippen molar-refractivity contribution in [1.29, 1.82) is 0 Å². The maximum absolute atomic E-state index is 10.7. The minimum Gasteiger partial charge on any atom is -0.324 e. The summed E-state index contributed by atoms with van der Waals surface area (Å²) < 4.78 is 0. The SMILES string of the molecule is CC[C@@H](N)c1cc(Cl)ccc1[N+](=O)[O-]. The fourth-order valence-corrected chi connectivity index (χ4v) is 1.39. The standard InChI is InChI=1S/C9H11ClN2O2/c1-2-8(11)7-5-6(10)3-4-9(7)12(13)14/h3-5,8H,2,11H2,1H3/t8-/m1/s1. The van der Waals surface area contributed by atoms with Gasteiger partial charge in [0.15, 0.2) is 0 Å².